The van der Waals surface area contributed by atoms with Crippen molar-refractivity contribution in [2.24, 2.45) is 0 Å². The topological polar surface area (TPSA) is 114 Å². The number of nitrogens with one attached hydrogen (secondary N) is 1. The number of halogens is 3. The molecule has 0 spiro atoms. The summed E-state index contributed by atoms with van der Waals surface area (Å²) in [5.74, 6) is 0.302. The molecule has 4 aromatic rings. The van der Waals surface area contributed by atoms with E-state index in [0.717, 1.165) is 26.7 Å². The zero-order valence-electron chi connectivity index (χ0n) is 23.3. The molecule has 1 heterocycles. The number of pyridine rings is 1. The maximum atomic E-state index is 12.2. The quantitative estimate of drug-likeness (QED) is 0.151. The molecular weight excluding hydrogens is 657 g/mol. The second-order valence-corrected chi connectivity index (χ2v) is 10.3. The molecule has 0 aliphatic heterocycles. The maximum Gasteiger partial charge on any atom is 0.325 e. The van der Waals surface area contributed by atoms with E-state index < -0.39 is 18.6 Å². The molecule has 0 fully saturated rings. The number of rotatable bonds is 13. The number of esters is 1. The van der Waals surface area contributed by atoms with Crippen molar-refractivity contribution in [2.75, 3.05) is 13.2 Å². The van der Waals surface area contributed by atoms with Gasteiger partial charge < -0.3 is 19.3 Å². The van der Waals surface area contributed by atoms with Crippen molar-refractivity contribution in [3.63, 3.8) is 0 Å². The molecule has 4 rings (SSSR count). The number of aliphatic hydroxyl groups excluding tert-OH is 1. The number of ether oxygens (including phenoxy) is 3. The molecule has 11 heteroatoms. The van der Waals surface area contributed by atoms with Crippen LogP contribution in [0.1, 0.15) is 29.3 Å². The van der Waals surface area contributed by atoms with Crippen molar-refractivity contribution >= 4 is 45.9 Å². The van der Waals surface area contributed by atoms with Crippen LogP contribution in [0.5, 0.6) is 11.5 Å². The van der Waals surface area contributed by atoms with Crippen LogP contribution in [0, 0.1) is 11.3 Å². The lowest BCUT2D eigenvalue weighted by Crippen LogP contribution is -2.40. The first-order valence-corrected chi connectivity index (χ1v) is 14.4. The van der Waals surface area contributed by atoms with Crippen molar-refractivity contribution in [1.82, 2.24) is 10.3 Å². The van der Waals surface area contributed by atoms with Gasteiger partial charge in [-0.05, 0) is 57.7 Å². The third-order valence-corrected chi connectivity index (χ3v) is 7.52. The number of nitriles is 1. The Labute approximate surface area is 270 Å². The van der Waals surface area contributed by atoms with Gasteiger partial charge in [-0.1, -0.05) is 60.1 Å². The molecule has 0 aliphatic carbocycles. The predicted octanol–water partition coefficient (Wildman–Crippen LogP) is 6.63. The van der Waals surface area contributed by atoms with Gasteiger partial charge in [0.1, 0.15) is 42.5 Å². The number of carbonyl (C=O) groups excluding carboxylic acids is 1. The van der Waals surface area contributed by atoms with Crippen LogP contribution in [-0.2, 0) is 29.3 Å². The van der Waals surface area contributed by atoms with Crippen molar-refractivity contribution < 1.29 is 24.1 Å². The largest absolute Gasteiger partial charge is 0.488 e. The lowest BCUT2D eigenvalue weighted by atomic mass is 10.0. The molecule has 0 amide bonds. The van der Waals surface area contributed by atoms with E-state index in [1.54, 1.807) is 37.4 Å². The highest BCUT2D eigenvalue weighted by molar-refractivity contribution is 9.10. The summed E-state index contributed by atoms with van der Waals surface area (Å²) in [7, 11) is 0. The van der Waals surface area contributed by atoms with Crippen molar-refractivity contribution in [3.05, 3.63) is 111 Å². The summed E-state index contributed by atoms with van der Waals surface area (Å²) in [6.07, 6.45) is 1.54. The van der Waals surface area contributed by atoms with Crippen LogP contribution in [0.4, 0.5) is 0 Å². The summed E-state index contributed by atoms with van der Waals surface area (Å²) in [5, 5.41) is 22.2. The van der Waals surface area contributed by atoms with Crippen molar-refractivity contribution in [1.29, 1.82) is 5.26 Å². The molecule has 0 radical (unpaired) electrons. The molecule has 3 aromatic carbocycles. The molecule has 8 nitrogen and oxygen atoms in total. The molecule has 43 heavy (non-hydrogen) atoms. The lowest BCUT2D eigenvalue weighted by molar-refractivity contribution is -0.146. The number of aromatic nitrogens is 1. The predicted molar refractivity (Wildman–Crippen MR) is 170 cm³/mol. The molecule has 1 aromatic heterocycles. The second-order valence-electron chi connectivity index (χ2n) is 9.14. The summed E-state index contributed by atoms with van der Waals surface area (Å²) in [5.41, 5.74) is 4.72. The molecule has 0 bridgehead atoms. The van der Waals surface area contributed by atoms with Gasteiger partial charge in [0.25, 0.3) is 0 Å². The minimum atomic E-state index is -0.917. The SMILES string of the molecule is CCOC(=O)[C@H](CO)NCc1cc(Cl)c(OCc2cccc(-c3ccccc3)c2Br)cc1OCc1ccnc(C#N)c1.Cl. The molecule has 0 saturated heterocycles. The second kappa shape index (κ2) is 16.8. The average Bonchev–Trinajstić information content (AvgIpc) is 3.01. The van der Waals surface area contributed by atoms with Gasteiger partial charge in [0.15, 0.2) is 0 Å². The highest BCUT2D eigenvalue weighted by Gasteiger charge is 2.20. The van der Waals surface area contributed by atoms with Crippen LogP contribution in [-0.4, -0.2) is 35.3 Å². The molecule has 0 saturated carbocycles. The Kier molecular flexibility index (Phi) is 13.3. The standard InChI is InChI=1S/C32H29BrClN3O5.ClH/c1-2-40-32(39)28(18-38)37-17-24-14-27(34)30(15-29(24)41-19-21-11-12-36-25(13-21)16-35)42-20-23-9-6-10-26(31(23)33)22-7-4-3-5-8-22;/h3-15,28,37-38H,2,17-20H2,1H3;1H/t28-;/m0./s1. The van der Waals surface area contributed by atoms with Gasteiger partial charge in [0, 0.05) is 34.4 Å². The molecule has 1 atom stereocenters. The monoisotopic (exact) mass is 685 g/mol. The highest BCUT2D eigenvalue weighted by Crippen LogP contribution is 2.36. The van der Waals surface area contributed by atoms with Crippen LogP contribution >= 0.6 is 39.9 Å². The van der Waals surface area contributed by atoms with E-state index >= 15 is 0 Å². The third-order valence-electron chi connectivity index (χ3n) is 6.29. The molecular formula is C32H30BrCl2N3O5. The highest BCUT2D eigenvalue weighted by atomic mass is 79.9. The Morgan fingerprint density at radius 1 is 1.05 bits per heavy atom. The van der Waals surface area contributed by atoms with E-state index in [9.17, 15) is 15.2 Å². The minimum Gasteiger partial charge on any atom is -0.488 e. The number of carbonyl (C=O) groups is 1. The van der Waals surface area contributed by atoms with E-state index in [1.807, 2.05) is 54.6 Å². The number of hydrogen-bond donors (Lipinski definition) is 2. The van der Waals surface area contributed by atoms with Crippen LogP contribution in [0.2, 0.25) is 5.02 Å². The number of aliphatic hydroxyl groups is 1. The minimum absolute atomic E-state index is 0. The summed E-state index contributed by atoms with van der Waals surface area (Å²) >= 11 is 10.4. The Morgan fingerprint density at radius 3 is 2.53 bits per heavy atom. The Bertz CT molecular complexity index is 1570. The zero-order valence-corrected chi connectivity index (χ0v) is 26.4. The number of benzene rings is 3. The maximum absolute atomic E-state index is 12.2. The third kappa shape index (κ3) is 9.17. The Morgan fingerprint density at radius 2 is 1.81 bits per heavy atom. The van der Waals surface area contributed by atoms with E-state index in [4.69, 9.17) is 25.8 Å². The summed E-state index contributed by atoms with van der Waals surface area (Å²) in [4.78, 5) is 16.2. The fraction of sp³-hybridized carbons (Fsp3) is 0.219. The Balaban J connectivity index is 0.00000506. The van der Waals surface area contributed by atoms with E-state index in [2.05, 4.69) is 26.2 Å². The van der Waals surface area contributed by atoms with Gasteiger partial charge in [0.2, 0.25) is 0 Å². The Hall–Kier alpha value is -3.65. The average molecular weight is 687 g/mol. The van der Waals surface area contributed by atoms with Gasteiger partial charge in [0.05, 0.1) is 18.2 Å². The van der Waals surface area contributed by atoms with Crippen molar-refractivity contribution in [2.45, 2.75) is 32.7 Å². The van der Waals surface area contributed by atoms with Gasteiger partial charge in [-0.3, -0.25) is 10.1 Å². The van der Waals surface area contributed by atoms with Gasteiger partial charge >= 0.3 is 5.97 Å². The fourth-order valence-electron chi connectivity index (χ4n) is 4.13. The fourth-order valence-corrected chi connectivity index (χ4v) is 4.98. The van der Waals surface area contributed by atoms with Crippen LogP contribution in [0.3, 0.4) is 0 Å². The summed E-state index contributed by atoms with van der Waals surface area (Å²) < 4.78 is 18.3. The first-order chi connectivity index (χ1) is 20.4. The van der Waals surface area contributed by atoms with E-state index in [0.29, 0.717) is 22.1 Å². The van der Waals surface area contributed by atoms with E-state index in [1.165, 1.54) is 0 Å². The molecule has 224 valence electrons. The summed E-state index contributed by atoms with van der Waals surface area (Å²) in [6, 6.07) is 23.9. The normalized spacial score (nSPS) is 11.1. The first kappa shape index (κ1) is 33.8. The summed E-state index contributed by atoms with van der Waals surface area (Å²) in [6.45, 7) is 2.01. The van der Waals surface area contributed by atoms with E-state index in [-0.39, 0.29) is 44.5 Å². The lowest BCUT2D eigenvalue weighted by Gasteiger charge is -2.19. The van der Waals surface area contributed by atoms with Crippen LogP contribution in [0.15, 0.2) is 83.5 Å². The number of nitrogens with zero attached hydrogens (tertiary/aromatic N) is 2. The van der Waals surface area contributed by atoms with Gasteiger partial charge in [-0.15, -0.1) is 12.4 Å². The van der Waals surface area contributed by atoms with Crippen LogP contribution < -0.4 is 14.8 Å². The molecule has 0 unspecified atom stereocenters. The smallest absolute Gasteiger partial charge is 0.325 e. The number of hydrogen-bond acceptors (Lipinski definition) is 8. The molecule has 2 N–H and O–H groups in total. The van der Waals surface area contributed by atoms with Gasteiger partial charge in [-0.2, -0.15) is 5.26 Å². The molecule has 0 aliphatic rings. The first-order valence-electron chi connectivity index (χ1n) is 13.2. The zero-order chi connectivity index (χ0) is 29.9. The van der Waals surface area contributed by atoms with Crippen molar-refractivity contribution in [3.8, 4) is 28.7 Å². The van der Waals surface area contributed by atoms with Gasteiger partial charge in [-0.25, -0.2) is 4.98 Å². The van der Waals surface area contributed by atoms with Crippen LogP contribution in [0.25, 0.3) is 11.1 Å².